The molecule has 0 saturated heterocycles. The number of hydrogen-bond donors (Lipinski definition) is 1. The Balaban J connectivity index is 1.63. The van der Waals surface area contributed by atoms with Crippen LogP contribution in [0.25, 0.3) is 0 Å². The van der Waals surface area contributed by atoms with Gasteiger partial charge in [0.15, 0.2) is 5.78 Å². The molecule has 148 valence electrons. The molecule has 0 radical (unpaired) electrons. The Morgan fingerprint density at radius 2 is 2.04 bits per heavy atom. The summed E-state index contributed by atoms with van der Waals surface area (Å²) in [4.78, 5) is 23.0. The van der Waals surface area contributed by atoms with Crippen molar-refractivity contribution in [2.75, 3.05) is 6.61 Å². The summed E-state index contributed by atoms with van der Waals surface area (Å²) >= 11 is 0. The standard InChI is InChI=1S/C23H32O4/c1-14(24)27-11-9-15-5-7-19-18-6-4-16-12-17(25)8-10-22(16,2)21(18)20(26)13-23(15,19)3/h9,12,18-21,26H,4-8,10-11,13H2,1-3H3/b15-9+/t18-,19-,20-,21+,22-,23+/m0/s1. The van der Waals surface area contributed by atoms with E-state index >= 15 is 0 Å². The normalized spacial score (nSPS) is 45.0. The summed E-state index contributed by atoms with van der Waals surface area (Å²) in [6.07, 6.45) is 10.2. The Hall–Kier alpha value is -1.42. The minimum absolute atomic E-state index is 0.00277. The summed E-state index contributed by atoms with van der Waals surface area (Å²) in [6, 6.07) is 0. The third-order valence-electron chi connectivity index (χ3n) is 8.36. The molecule has 0 aliphatic heterocycles. The molecule has 6 atom stereocenters. The SMILES string of the molecule is CC(=O)OC/C=C1\CC[C@H]2[C@@H]3CCC4=CC(=O)CC[C@]4(C)[C@H]3[C@@H](O)C[C@]12C. The molecule has 4 rings (SSSR count). The van der Waals surface area contributed by atoms with E-state index in [9.17, 15) is 14.7 Å². The number of allylic oxidation sites excluding steroid dienone is 2. The molecule has 3 fully saturated rings. The van der Waals surface area contributed by atoms with Crippen LogP contribution in [0.2, 0.25) is 0 Å². The van der Waals surface area contributed by atoms with Crippen molar-refractivity contribution < 1.29 is 19.4 Å². The Bertz CT molecular complexity index is 720. The Morgan fingerprint density at radius 1 is 1.26 bits per heavy atom. The van der Waals surface area contributed by atoms with Crippen LogP contribution in [0.3, 0.4) is 0 Å². The molecule has 0 aromatic rings. The van der Waals surface area contributed by atoms with Gasteiger partial charge in [0.05, 0.1) is 6.10 Å². The van der Waals surface area contributed by atoms with Gasteiger partial charge in [-0.1, -0.05) is 25.0 Å². The summed E-state index contributed by atoms with van der Waals surface area (Å²) in [6.45, 7) is 6.38. The first-order valence-corrected chi connectivity index (χ1v) is 10.5. The fourth-order valence-corrected chi connectivity index (χ4v) is 7.13. The molecular weight excluding hydrogens is 340 g/mol. The molecule has 0 heterocycles. The molecule has 0 aromatic heterocycles. The van der Waals surface area contributed by atoms with Gasteiger partial charge in [-0.25, -0.2) is 0 Å². The van der Waals surface area contributed by atoms with E-state index in [4.69, 9.17) is 4.74 Å². The number of fused-ring (bicyclic) bond motifs is 5. The topological polar surface area (TPSA) is 63.6 Å². The molecule has 0 amide bonds. The lowest BCUT2D eigenvalue weighted by Gasteiger charge is -2.59. The molecular formula is C23H32O4. The van der Waals surface area contributed by atoms with Gasteiger partial charge in [-0.15, -0.1) is 0 Å². The van der Waals surface area contributed by atoms with E-state index in [0.29, 0.717) is 24.9 Å². The monoisotopic (exact) mass is 372 g/mol. The fourth-order valence-electron chi connectivity index (χ4n) is 7.13. The number of esters is 1. The van der Waals surface area contributed by atoms with Crippen molar-refractivity contribution in [2.24, 2.45) is 28.6 Å². The molecule has 27 heavy (non-hydrogen) atoms. The first kappa shape index (κ1) is 18.9. The highest BCUT2D eigenvalue weighted by Crippen LogP contribution is 2.66. The van der Waals surface area contributed by atoms with Crippen molar-refractivity contribution in [1.82, 2.24) is 0 Å². The number of aliphatic hydroxyl groups is 1. The van der Waals surface area contributed by atoms with Crippen LogP contribution in [0.15, 0.2) is 23.3 Å². The summed E-state index contributed by atoms with van der Waals surface area (Å²) < 4.78 is 5.14. The van der Waals surface area contributed by atoms with Crippen LogP contribution in [0, 0.1) is 28.6 Å². The van der Waals surface area contributed by atoms with Crippen LogP contribution in [-0.4, -0.2) is 29.6 Å². The molecule has 4 aliphatic rings. The first-order valence-electron chi connectivity index (χ1n) is 10.5. The number of carbonyl (C=O) groups excluding carboxylic acids is 2. The summed E-state index contributed by atoms with van der Waals surface area (Å²) in [5.41, 5.74) is 2.62. The van der Waals surface area contributed by atoms with E-state index in [-0.39, 0.29) is 34.6 Å². The van der Waals surface area contributed by atoms with Gasteiger partial charge >= 0.3 is 5.97 Å². The maximum absolute atomic E-state index is 11.9. The van der Waals surface area contributed by atoms with E-state index in [2.05, 4.69) is 19.9 Å². The molecule has 4 heteroatoms. The lowest BCUT2D eigenvalue weighted by molar-refractivity contribution is -0.139. The van der Waals surface area contributed by atoms with Gasteiger partial charge in [-0.2, -0.15) is 0 Å². The van der Waals surface area contributed by atoms with Crippen molar-refractivity contribution in [3.05, 3.63) is 23.3 Å². The number of hydrogen-bond acceptors (Lipinski definition) is 4. The van der Waals surface area contributed by atoms with E-state index in [0.717, 1.165) is 38.5 Å². The van der Waals surface area contributed by atoms with Crippen LogP contribution in [0.1, 0.15) is 65.7 Å². The molecule has 4 nitrogen and oxygen atoms in total. The van der Waals surface area contributed by atoms with E-state index in [1.807, 2.05) is 6.08 Å². The number of ether oxygens (including phenoxy) is 1. The highest BCUT2D eigenvalue weighted by Gasteiger charge is 2.60. The van der Waals surface area contributed by atoms with Gasteiger partial charge in [-0.3, -0.25) is 9.59 Å². The smallest absolute Gasteiger partial charge is 0.302 e. The summed E-state index contributed by atoms with van der Waals surface area (Å²) in [7, 11) is 0. The van der Waals surface area contributed by atoms with Crippen molar-refractivity contribution in [1.29, 1.82) is 0 Å². The van der Waals surface area contributed by atoms with Gasteiger partial charge in [0.25, 0.3) is 0 Å². The van der Waals surface area contributed by atoms with Crippen molar-refractivity contribution in [3.63, 3.8) is 0 Å². The second-order valence-electron chi connectivity index (χ2n) is 9.65. The fraction of sp³-hybridized carbons (Fsp3) is 0.739. The maximum atomic E-state index is 11.9. The molecule has 0 bridgehead atoms. The highest BCUT2D eigenvalue weighted by molar-refractivity contribution is 5.91. The molecule has 1 N–H and O–H groups in total. The average molecular weight is 373 g/mol. The lowest BCUT2D eigenvalue weighted by Crippen LogP contribution is -2.55. The van der Waals surface area contributed by atoms with Gasteiger partial charge in [0.1, 0.15) is 6.61 Å². The van der Waals surface area contributed by atoms with Crippen LogP contribution in [-0.2, 0) is 14.3 Å². The average Bonchev–Trinajstić information content (AvgIpc) is 2.91. The molecule has 0 aromatic carbocycles. The molecule has 0 spiro atoms. The zero-order chi connectivity index (χ0) is 19.4. The molecule has 3 saturated carbocycles. The van der Waals surface area contributed by atoms with Crippen LogP contribution in [0.4, 0.5) is 0 Å². The van der Waals surface area contributed by atoms with Gasteiger partial charge in [-0.05, 0) is 79.3 Å². The van der Waals surface area contributed by atoms with E-state index in [1.54, 1.807) is 0 Å². The number of rotatable bonds is 2. The first-order chi connectivity index (χ1) is 12.8. The van der Waals surface area contributed by atoms with E-state index < -0.39 is 0 Å². The van der Waals surface area contributed by atoms with E-state index in [1.165, 1.54) is 18.1 Å². The summed E-state index contributed by atoms with van der Waals surface area (Å²) in [5.74, 6) is 1.35. The predicted octanol–water partition coefficient (Wildman–Crippen LogP) is 3.98. The Kier molecular flexibility index (Phi) is 4.61. The molecule has 0 unspecified atom stereocenters. The third kappa shape index (κ3) is 2.91. The zero-order valence-electron chi connectivity index (χ0n) is 16.8. The van der Waals surface area contributed by atoms with Gasteiger partial charge in [0.2, 0.25) is 0 Å². The third-order valence-corrected chi connectivity index (χ3v) is 8.36. The molecule has 4 aliphatic carbocycles. The van der Waals surface area contributed by atoms with Gasteiger partial charge < -0.3 is 9.84 Å². The number of carbonyl (C=O) groups is 2. The van der Waals surface area contributed by atoms with Crippen LogP contribution >= 0.6 is 0 Å². The van der Waals surface area contributed by atoms with Crippen LogP contribution < -0.4 is 0 Å². The van der Waals surface area contributed by atoms with Crippen LogP contribution in [0.5, 0.6) is 0 Å². The second-order valence-corrected chi connectivity index (χ2v) is 9.65. The minimum Gasteiger partial charge on any atom is -0.462 e. The number of ketones is 1. The predicted molar refractivity (Wildman–Crippen MR) is 103 cm³/mol. The van der Waals surface area contributed by atoms with Crippen molar-refractivity contribution in [2.45, 2.75) is 71.8 Å². The Morgan fingerprint density at radius 3 is 2.78 bits per heavy atom. The zero-order valence-corrected chi connectivity index (χ0v) is 16.8. The lowest BCUT2D eigenvalue weighted by atomic mass is 9.46. The quantitative estimate of drug-likeness (QED) is 0.588. The number of aliphatic hydroxyl groups excluding tert-OH is 1. The Labute approximate surface area is 162 Å². The summed E-state index contributed by atoms with van der Waals surface area (Å²) in [5, 5.41) is 11.3. The minimum atomic E-state index is -0.339. The van der Waals surface area contributed by atoms with Crippen molar-refractivity contribution in [3.8, 4) is 0 Å². The maximum Gasteiger partial charge on any atom is 0.302 e. The largest absolute Gasteiger partial charge is 0.462 e. The highest BCUT2D eigenvalue weighted by atomic mass is 16.5. The van der Waals surface area contributed by atoms with Crippen molar-refractivity contribution >= 4 is 11.8 Å². The van der Waals surface area contributed by atoms with Gasteiger partial charge in [0, 0.05) is 13.3 Å². The second kappa shape index (κ2) is 6.58.